The summed E-state index contributed by atoms with van der Waals surface area (Å²) in [6.45, 7) is 12.8. The van der Waals surface area contributed by atoms with Crippen molar-refractivity contribution in [2.45, 2.75) is 65.5 Å². The van der Waals surface area contributed by atoms with Gasteiger partial charge in [0.25, 0.3) is 0 Å². The molecule has 1 N–H and O–H groups in total. The molecule has 92 valence electrons. The van der Waals surface area contributed by atoms with E-state index in [1.165, 1.54) is 32.4 Å². The normalized spacial score (nSPS) is 34.4. The van der Waals surface area contributed by atoms with E-state index in [1.807, 2.05) is 27.7 Å². The number of nitrogens with zero attached hydrogens (tertiary/aromatic N) is 1. The molecule has 0 saturated carbocycles. The Morgan fingerprint density at radius 2 is 1.73 bits per heavy atom. The summed E-state index contributed by atoms with van der Waals surface area (Å²) in [5.74, 6) is 0. The Balaban J connectivity index is 0.000000442. The van der Waals surface area contributed by atoms with Gasteiger partial charge in [-0.1, -0.05) is 27.7 Å². The Kier molecular flexibility index (Phi) is 7.20. The first-order valence-electron chi connectivity index (χ1n) is 6.66. The number of likely N-dealkylation sites (N-methyl/N-ethyl adjacent to an activating group) is 1. The Morgan fingerprint density at radius 3 is 2.07 bits per heavy atom. The fourth-order valence-electron chi connectivity index (χ4n) is 2.56. The van der Waals surface area contributed by atoms with Crippen LogP contribution in [0, 0.1) is 0 Å². The van der Waals surface area contributed by atoms with Crippen molar-refractivity contribution in [3.8, 4) is 0 Å². The number of hydrogen-bond acceptors (Lipinski definition) is 2. The van der Waals surface area contributed by atoms with Crippen LogP contribution in [-0.2, 0) is 0 Å². The van der Waals surface area contributed by atoms with Gasteiger partial charge in [0.2, 0.25) is 0 Å². The molecule has 0 aromatic rings. The summed E-state index contributed by atoms with van der Waals surface area (Å²) < 4.78 is 0. The van der Waals surface area contributed by atoms with Crippen molar-refractivity contribution in [1.82, 2.24) is 10.2 Å². The second kappa shape index (κ2) is 7.24. The SMILES string of the molecule is CC.CC.CC1CCC2(CCN(C)C2)N1. The number of rotatable bonds is 0. The lowest BCUT2D eigenvalue weighted by atomic mass is 9.97. The quantitative estimate of drug-likeness (QED) is 0.667. The van der Waals surface area contributed by atoms with Gasteiger partial charge in [-0.25, -0.2) is 0 Å². The fraction of sp³-hybridized carbons (Fsp3) is 1.00. The standard InChI is InChI=1S/C9H18N2.2C2H6/c1-8-3-4-9(10-8)5-6-11(2)7-9;2*1-2/h8,10H,3-7H2,1-2H3;2*1-2H3. The summed E-state index contributed by atoms with van der Waals surface area (Å²) in [5, 5.41) is 3.72. The molecule has 0 aromatic heterocycles. The minimum Gasteiger partial charge on any atom is -0.307 e. The summed E-state index contributed by atoms with van der Waals surface area (Å²) in [5.41, 5.74) is 0.508. The Hall–Kier alpha value is -0.0800. The van der Waals surface area contributed by atoms with E-state index in [1.54, 1.807) is 0 Å². The van der Waals surface area contributed by atoms with Crippen LogP contribution in [0.15, 0.2) is 0 Å². The second-order valence-corrected chi connectivity index (χ2v) is 4.35. The van der Waals surface area contributed by atoms with Crippen LogP contribution in [-0.4, -0.2) is 36.6 Å². The van der Waals surface area contributed by atoms with Crippen molar-refractivity contribution in [3.05, 3.63) is 0 Å². The number of nitrogens with one attached hydrogen (secondary N) is 1. The fourth-order valence-corrected chi connectivity index (χ4v) is 2.56. The van der Waals surface area contributed by atoms with Crippen molar-refractivity contribution in [3.63, 3.8) is 0 Å². The van der Waals surface area contributed by atoms with Crippen molar-refractivity contribution in [2.24, 2.45) is 0 Å². The lowest BCUT2D eigenvalue weighted by Crippen LogP contribution is -2.44. The molecule has 2 aliphatic rings. The molecule has 0 amide bonds. The van der Waals surface area contributed by atoms with Gasteiger partial charge in [0, 0.05) is 18.1 Å². The highest BCUT2D eigenvalue weighted by Crippen LogP contribution is 2.31. The van der Waals surface area contributed by atoms with Gasteiger partial charge in [0.15, 0.2) is 0 Å². The van der Waals surface area contributed by atoms with Crippen LogP contribution in [0.3, 0.4) is 0 Å². The van der Waals surface area contributed by atoms with Gasteiger partial charge in [-0.2, -0.15) is 0 Å². The van der Waals surface area contributed by atoms with Gasteiger partial charge in [-0.05, 0) is 39.8 Å². The average molecular weight is 214 g/mol. The molecule has 2 heteroatoms. The largest absolute Gasteiger partial charge is 0.307 e. The van der Waals surface area contributed by atoms with Crippen molar-refractivity contribution < 1.29 is 0 Å². The molecule has 2 atom stereocenters. The smallest absolute Gasteiger partial charge is 0.0323 e. The van der Waals surface area contributed by atoms with Crippen molar-refractivity contribution in [2.75, 3.05) is 20.1 Å². The molecule has 2 saturated heterocycles. The molecule has 2 unspecified atom stereocenters. The predicted molar refractivity (Wildman–Crippen MR) is 69.4 cm³/mol. The maximum Gasteiger partial charge on any atom is 0.0323 e. The van der Waals surface area contributed by atoms with Gasteiger partial charge in [-0.15, -0.1) is 0 Å². The molecule has 0 bridgehead atoms. The first-order valence-corrected chi connectivity index (χ1v) is 6.66. The zero-order chi connectivity index (χ0) is 11.9. The highest BCUT2D eigenvalue weighted by molar-refractivity contribution is 5.02. The number of hydrogen-bond donors (Lipinski definition) is 1. The van der Waals surface area contributed by atoms with Crippen LogP contribution in [0.25, 0.3) is 0 Å². The third kappa shape index (κ3) is 4.12. The minimum atomic E-state index is 0.508. The molecule has 2 heterocycles. The molecule has 2 rings (SSSR count). The van der Waals surface area contributed by atoms with E-state index in [0.29, 0.717) is 5.54 Å². The molecule has 2 fully saturated rings. The highest BCUT2D eigenvalue weighted by Gasteiger charge is 2.40. The van der Waals surface area contributed by atoms with Crippen LogP contribution in [0.5, 0.6) is 0 Å². The minimum absolute atomic E-state index is 0.508. The number of likely N-dealkylation sites (tertiary alicyclic amines) is 1. The van der Waals surface area contributed by atoms with Crippen molar-refractivity contribution >= 4 is 0 Å². The molecular weight excluding hydrogens is 184 g/mol. The third-order valence-corrected chi connectivity index (χ3v) is 3.15. The molecular formula is C13H30N2. The Labute approximate surface area is 96.4 Å². The van der Waals surface area contributed by atoms with Crippen LogP contribution >= 0.6 is 0 Å². The maximum absolute atomic E-state index is 3.72. The monoisotopic (exact) mass is 214 g/mol. The van der Waals surface area contributed by atoms with E-state index in [0.717, 1.165) is 6.04 Å². The van der Waals surface area contributed by atoms with Crippen LogP contribution in [0.1, 0.15) is 53.9 Å². The third-order valence-electron chi connectivity index (χ3n) is 3.15. The first-order chi connectivity index (χ1) is 7.20. The van der Waals surface area contributed by atoms with Gasteiger partial charge < -0.3 is 10.2 Å². The lowest BCUT2D eigenvalue weighted by molar-refractivity contribution is 0.336. The Bertz CT molecular complexity index is 139. The lowest BCUT2D eigenvalue weighted by Gasteiger charge is -2.24. The first kappa shape index (κ1) is 14.9. The van der Waals surface area contributed by atoms with Crippen LogP contribution < -0.4 is 5.32 Å². The summed E-state index contributed by atoms with van der Waals surface area (Å²) in [4.78, 5) is 2.44. The Morgan fingerprint density at radius 1 is 1.13 bits per heavy atom. The van der Waals surface area contributed by atoms with E-state index >= 15 is 0 Å². The summed E-state index contributed by atoms with van der Waals surface area (Å²) in [6.07, 6.45) is 4.11. The van der Waals surface area contributed by atoms with E-state index in [2.05, 4.69) is 24.2 Å². The van der Waals surface area contributed by atoms with Gasteiger partial charge >= 0.3 is 0 Å². The van der Waals surface area contributed by atoms with E-state index in [9.17, 15) is 0 Å². The zero-order valence-electron chi connectivity index (χ0n) is 11.6. The molecule has 2 aliphatic heterocycles. The van der Waals surface area contributed by atoms with Gasteiger partial charge in [-0.3, -0.25) is 0 Å². The summed E-state index contributed by atoms with van der Waals surface area (Å²) >= 11 is 0. The van der Waals surface area contributed by atoms with E-state index < -0.39 is 0 Å². The molecule has 2 nitrogen and oxygen atoms in total. The zero-order valence-corrected chi connectivity index (χ0v) is 11.6. The van der Waals surface area contributed by atoms with E-state index in [4.69, 9.17) is 0 Å². The van der Waals surface area contributed by atoms with Gasteiger partial charge in [0.1, 0.15) is 0 Å². The summed E-state index contributed by atoms with van der Waals surface area (Å²) in [6, 6.07) is 0.751. The van der Waals surface area contributed by atoms with Crippen molar-refractivity contribution in [1.29, 1.82) is 0 Å². The van der Waals surface area contributed by atoms with Gasteiger partial charge in [0.05, 0.1) is 0 Å². The second-order valence-electron chi connectivity index (χ2n) is 4.35. The predicted octanol–water partition coefficient (Wildman–Crippen LogP) is 2.89. The molecule has 1 spiro atoms. The molecule has 15 heavy (non-hydrogen) atoms. The summed E-state index contributed by atoms with van der Waals surface area (Å²) in [7, 11) is 2.22. The topological polar surface area (TPSA) is 15.3 Å². The molecule has 0 radical (unpaired) electrons. The molecule has 0 aromatic carbocycles. The molecule has 0 aliphatic carbocycles. The average Bonchev–Trinajstić information content (AvgIpc) is 2.81. The maximum atomic E-state index is 3.72. The van der Waals surface area contributed by atoms with Crippen LogP contribution in [0.4, 0.5) is 0 Å². The highest BCUT2D eigenvalue weighted by atomic mass is 15.2. The van der Waals surface area contributed by atoms with E-state index in [-0.39, 0.29) is 0 Å². The van der Waals surface area contributed by atoms with Crippen LogP contribution in [0.2, 0.25) is 0 Å².